The van der Waals surface area contributed by atoms with Crippen LogP contribution in [0.4, 0.5) is 0 Å². The highest BCUT2D eigenvalue weighted by atomic mass is 35.5. The number of aromatic hydroxyl groups is 10. The summed E-state index contributed by atoms with van der Waals surface area (Å²) in [6, 6.07) is 47.6. The van der Waals surface area contributed by atoms with E-state index in [0.29, 0.717) is 98.7 Å². The molecule has 0 spiro atoms. The Morgan fingerprint density at radius 1 is 0.294 bits per heavy atom. The Morgan fingerprint density at radius 2 is 0.573 bits per heavy atom. The predicted octanol–water partition coefficient (Wildman–Crippen LogP) is 19.4. The second kappa shape index (κ2) is 52.9. The van der Waals surface area contributed by atoms with Crippen LogP contribution in [0.3, 0.4) is 0 Å². The minimum atomic E-state index is -0.721. The van der Waals surface area contributed by atoms with Gasteiger partial charge >= 0.3 is 29.8 Å². The van der Waals surface area contributed by atoms with Crippen LogP contribution in [-0.2, 0) is 127 Å². The second-order valence-electron chi connectivity index (χ2n) is 32.5. The van der Waals surface area contributed by atoms with Gasteiger partial charge in [-0.1, -0.05) is 161 Å². The number of methoxy groups -OCH3 is 6. The summed E-state index contributed by atoms with van der Waals surface area (Å²) in [5.41, 5.74) is 7.37. The Hall–Kier alpha value is -15.2. The van der Waals surface area contributed by atoms with Crippen LogP contribution in [0, 0.1) is 0 Å². The van der Waals surface area contributed by atoms with Crippen LogP contribution in [0.2, 0.25) is 25.1 Å². The van der Waals surface area contributed by atoms with Crippen molar-refractivity contribution in [2.24, 2.45) is 0 Å². The van der Waals surface area contributed by atoms with E-state index in [1.807, 2.05) is 136 Å². The number of carbonyl (C=O) groups excluding carboxylic acids is 5. The fraction of sp³-hybridized carbons (Fsp3) is 0.255. The van der Waals surface area contributed by atoms with Gasteiger partial charge < -0.3 is 102 Å². The fourth-order valence-electron chi connectivity index (χ4n) is 16.1. The summed E-state index contributed by atoms with van der Waals surface area (Å²) >= 11 is 31.0. The molecular formula is C106H108Cl5N11O21. The lowest BCUT2D eigenvalue weighted by molar-refractivity contribution is 0.0586. The summed E-state index contributed by atoms with van der Waals surface area (Å²) < 4.78 is 39.0. The highest BCUT2D eigenvalue weighted by Gasteiger charge is 2.30. The Bertz CT molecular complexity index is 6820. The standard InChI is InChI=1S/C23H25ClN2O4.C22H23ClN2O4.C21H21ClN2O5.C21H21ClN2O4.C19H18ClN3O4/c1-30-23(29)21-17(22(24)19(28)15-18(21)27)10-11-20-25-12-14-26(20)13-6-5-9-16-7-3-2-4-8-16;1-29-22(28)20-16(21(23)18(27)14-17(20)26)9-10-19-24-11-13-25(19)12-5-8-15-6-3-2-4-7-15;1-28-14-5-3-13(4-6-14)12-24-10-9-23-18(24)8-7-15-19(21(27)29-2)16(25)11-17(26)20(15)22;1-13(14-6-4-3-5-7-14)24-11-10-23-18(24)9-8-15-19(21(27)28-2)16(25)12-17(26)20(15)22;1-27-19(26)17-13(18(20)15(25)10-14(17)24)2-3-16-22-8-9-23(16)11-12-4-6-21-7-5-12/h2-4,7-8,12,14-15,27-28H,5-6,9-11,13H2,1H3;2-4,6-7,11,13-14,26-27H,5,8-10,12H2,1H3;3-6,9-11,25-26H,7-8,12H2,1-2H3;3-7,10-13,25-26H,8-9H2,1-2H3;4-10,24-25H,2-3,11H2,1H3/t;;;13-;/m...0./s1. The van der Waals surface area contributed by atoms with Gasteiger partial charge in [0, 0.05) is 163 Å². The number of imidazole rings is 5. The number of hydrogen-bond donors (Lipinski definition) is 10. The van der Waals surface area contributed by atoms with Crippen molar-refractivity contribution in [1.82, 2.24) is 52.7 Å². The topological polar surface area (TPSA) is 445 Å². The monoisotopic (exact) mass is 2050 g/mol. The lowest BCUT2D eigenvalue weighted by atomic mass is 10.0. The second-order valence-corrected chi connectivity index (χ2v) is 34.3. The number of hydrogen-bond acceptors (Lipinski definition) is 27. The number of rotatable bonds is 36. The van der Waals surface area contributed by atoms with Crippen molar-refractivity contribution in [3.05, 3.63) is 370 Å². The lowest BCUT2D eigenvalue weighted by Crippen LogP contribution is -2.12. The minimum absolute atomic E-state index is 0.0106. The average molecular weight is 2050 g/mol. The summed E-state index contributed by atoms with van der Waals surface area (Å²) in [6.07, 6.45) is 30.4. The third-order valence-corrected chi connectivity index (χ3v) is 25.6. The molecule has 10 N–H and O–H groups in total. The van der Waals surface area contributed by atoms with Crippen molar-refractivity contribution < 1.29 is 103 Å². The average Bonchev–Trinajstić information content (AvgIpc) is 1.42. The molecule has 0 unspecified atom stereocenters. The molecule has 0 aliphatic rings. The zero-order chi connectivity index (χ0) is 103. The van der Waals surface area contributed by atoms with E-state index in [9.17, 15) is 75.0 Å². The summed E-state index contributed by atoms with van der Waals surface area (Å²) in [5, 5.41) is 100. The molecule has 0 radical (unpaired) electrons. The van der Waals surface area contributed by atoms with Gasteiger partial charge in [0.1, 0.15) is 120 Å². The van der Waals surface area contributed by atoms with Gasteiger partial charge in [0.2, 0.25) is 0 Å². The van der Waals surface area contributed by atoms with Gasteiger partial charge in [-0.3, -0.25) is 4.98 Å². The zero-order valence-corrected chi connectivity index (χ0v) is 83.0. The van der Waals surface area contributed by atoms with Crippen molar-refractivity contribution in [2.75, 3.05) is 42.7 Å². The van der Waals surface area contributed by atoms with Crippen LogP contribution in [0.5, 0.6) is 63.2 Å². The van der Waals surface area contributed by atoms with E-state index in [-0.39, 0.29) is 123 Å². The molecule has 0 aliphatic heterocycles. The first-order valence-corrected chi connectivity index (χ1v) is 47.0. The maximum absolute atomic E-state index is 12.1. The quantitative estimate of drug-likeness (QED) is 0.00990. The largest absolute Gasteiger partial charge is 0.507 e. The molecule has 0 aliphatic carbocycles. The lowest BCUT2D eigenvalue weighted by Gasteiger charge is -2.18. The van der Waals surface area contributed by atoms with Gasteiger partial charge in [-0.2, -0.15) is 0 Å². The van der Waals surface area contributed by atoms with E-state index < -0.39 is 29.8 Å². The number of aromatic nitrogens is 11. The molecule has 0 amide bonds. The van der Waals surface area contributed by atoms with E-state index in [1.165, 1.54) is 46.7 Å². The van der Waals surface area contributed by atoms with E-state index in [0.717, 1.165) is 127 Å². The highest BCUT2D eigenvalue weighted by molar-refractivity contribution is 6.35. The van der Waals surface area contributed by atoms with Crippen molar-refractivity contribution in [3.63, 3.8) is 0 Å². The van der Waals surface area contributed by atoms with Gasteiger partial charge in [0.15, 0.2) is 0 Å². The number of benzene rings is 9. The first-order valence-electron chi connectivity index (χ1n) is 45.2. The number of phenolic OH excluding ortho intramolecular Hbond substituents is 10. The molecule has 0 bridgehead atoms. The van der Waals surface area contributed by atoms with E-state index in [1.54, 1.807) is 50.5 Å². The molecular weight excluding hydrogens is 1940 g/mol. The number of pyridine rings is 1. The van der Waals surface area contributed by atoms with E-state index in [4.69, 9.17) is 86.4 Å². The van der Waals surface area contributed by atoms with Gasteiger partial charge in [0.05, 0.1) is 73.8 Å². The fourth-order valence-corrected chi connectivity index (χ4v) is 17.4. The smallest absolute Gasteiger partial charge is 0.341 e. The van der Waals surface area contributed by atoms with Crippen molar-refractivity contribution in [2.45, 2.75) is 135 Å². The molecule has 37 heteroatoms. The molecule has 15 rings (SSSR count). The van der Waals surface area contributed by atoms with Gasteiger partial charge in [0.25, 0.3) is 0 Å². The molecule has 6 aromatic heterocycles. The van der Waals surface area contributed by atoms with Crippen molar-refractivity contribution >= 4 is 87.9 Å². The maximum Gasteiger partial charge on any atom is 0.341 e. The van der Waals surface area contributed by atoms with E-state index in [2.05, 4.69) is 82.4 Å². The molecule has 0 saturated heterocycles. The number of nitrogens with zero attached hydrogens (tertiary/aromatic N) is 11. The van der Waals surface area contributed by atoms with Gasteiger partial charge in [-0.15, -0.1) is 0 Å². The molecule has 0 saturated carbocycles. The third kappa shape index (κ3) is 28.6. The molecule has 1 atom stereocenters. The first kappa shape index (κ1) is 108. The normalized spacial score (nSPS) is 11.0. The van der Waals surface area contributed by atoms with Crippen LogP contribution in [0.15, 0.2) is 232 Å². The molecule has 15 aromatic rings. The SMILES string of the molecule is COC(=O)c1c(O)cc(O)c(Cl)c1CCc1nccn1CCCCc1ccccc1.COC(=O)c1c(O)cc(O)c(Cl)c1CCc1nccn1CCCc1ccccc1.COC(=O)c1c(O)cc(O)c(Cl)c1CCc1nccn1Cc1ccc(OC)cc1.COC(=O)c1c(O)cc(O)c(Cl)c1CCc1nccn1Cc1ccncc1.COC(=O)c1c(O)cc(O)c(Cl)c1CCc1nccn1[C@@H](C)c1ccccc1. The molecule has 143 heavy (non-hydrogen) atoms. The number of ether oxygens (including phenoxy) is 6. The minimum Gasteiger partial charge on any atom is -0.507 e. The van der Waals surface area contributed by atoms with Crippen LogP contribution in [0.25, 0.3) is 0 Å². The molecule has 0 fully saturated rings. The van der Waals surface area contributed by atoms with E-state index >= 15 is 0 Å². The number of aryl methyl sites for hydroxylation is 9. The molecule has 6 heterocycles. The van der Waals surface area contributed by atoms with Crippen molar-refractivity contribution in [1.29, 1.82) is 0 Å². The van der Waals surface area contributed by atoms with Crippen LogP contribution < -0.4 is 4.74 Å². The van der Waals surface area contributed by atoms with Crippen LogP contribution in [-0.4, -0.2) is 176 Å². The number of unbranched alkanes of at least 4 members (excludes halogenated alkanes) is 1. The molecule has 748 valence electrons. The Labute approximate surface area is 849 Å². The van der Waals surface area contributed by atoms with Gasteiger partial charge in [-0.05, 0) is 151 Å². The van der Waals surface area contributed by atoms with Crippen LogP contribution in [0.1, 0.15) is 169 Å². The Morgan fingerprint density at radius 3 is 0.902 bits per heavy atom. The first-order chi connectivity index (χ1) is 68.9. The number of phenols is 10. The summed E-state index contributed by atoms with van der Waals surface area (Å²) in [4.78, 5) is 86.4. The highest BCUT2D eigenvalue weighted by Crippen LogP contribution is 2.43. The maximum atomic E-state index is 12.1. The Balaban J connectivity index is 0.000000171. The van der Waals surface area contributed by atoms with Crippen molar-refractivity contribution in [3.8, 4) is 63.2 Å². The summed E-state index contributed by atoms with van der Waals surface area (Å²) in [6.45, 7) is 4.97. The Kier molecular flexibility index (Phi) is 40.0. The number of carbonyl (C=O) groups is 5. The molecule has 9 aromatic carbocycles. The van der Waals surface area contributed by atoms with Crippen LogP contribution >= 0.6 is 58.0 Å². The number of halogens is 5. The predicted molar refractivity (Wildman–Crippen MR) is 539 cm³/mol. The summed E-state index contributed by atoms with van der Waals surface area (Å²) in [7, 11) is 7.73. The molecule has 32 nitrogen and oxygen atoms in total. The van der Waals surface area contributed by atoms with Gasteiger partial charge in [-0.25, -0.2) is 48.9 Å². The summed E-state index contributed by atoms with van der Waals surface area (Å²) in [5.74, 6) is -2.01. The number of esters is 5. The zero-order valence-electron chi connectivity index (χ0n) is 79.2. The third-order valence-electron chi connectivity index (χ3n) is 23.5.